The number of carbonyl (C=O) groups excluding carboxylic acids is 1. The molecule has 1 aromatic carbocycles. The van der Waals surface area contributed by atoms with Crippen LogP contribution in [0.1, 0.15) is 42.3 Å². The van der Waals surface area contributed by atoms with E-state index in [9.17, 15) is 4.79 Å². The average molecular weight is 342 g/mol. The van der Waals surface area contributed by atoms with Crippen molar-refractivity contribution >= 4 is 6.03 Å². The Morgan fingerprint density at radius 2 is 2.16 bits per heavy atom. The van der Waals surface area contributed by atoms with Gasteiger partial charge < -0.3 is 15.0 Å². The molecule has 0 saturated carbocycles. The van der Waals surface area contributed by atoms with E-state index in [1.165, 1.54) is 5.56 Å². The number of aromatic nitrogens is 2. The Kier molecular flexibility index (Phi) is 5.58. The molecule has 6 heteroatoms. The molecule has 1 aliphatic rings. The van der Waals surface area contributed by atoms with E-state index in [2.05, 4.69) is 15.5 Å². The number of hydrogen-bond donors (Lipinski definition) is 2. The maximum atomic E-state index is 12.6. The van der Waals surface area contributed by atoms with E-state index >= 15 is 0 Å². The molecular weight excluding hydrogens is 316 g/mol. The zero-order chi connectivity index (χ0) is 17.6. The molecule has 1 fully saturated rings. The summed E-state index contributed by atoms with van der Waals surface area (Å²) < 4.78 is 5.65. The van der Waals surface area contributed by atoms with Gasteiger partial charge in [0.2, 0.25) is 0 Å². The molecule has 134 valence electrons. The van der Waals surface area contributed by atoms with Crippen molar-refractivity contribution in [1.29, 1.82) is 0 Å². The van der Waals surface area contributed by atoms with E-state index in [1.54, 1.807) is 0 Å². The Balaban J connectivity index is 1.46. The van der Waals surface area contributed by atoms with Crippen molar-refractivity contribution in [1.82, 2.24) is 20.4 Å². The van der Waals surface area contributed by atoms with Crippen LogP contribution in [0.15, 0.2) is 30.3 Å². The third-order valence-corrected chi connectivity index (χ3v) is 4.64. The lowest BCUT2D eigenvalue weighted by molar-refractivity contribution is 0.191. The first-order valence-corrected chi connectivity index (χ1v) is 8.90. The number of urea groups is 1. The average Bonchev–Trinajstić information content (AvgIpc) is 3.21. The van der Waals surface area contributed by atoms with E-state index in [0.29, 0.717) is 13.2 Å². The van der Waals surface area contributed by atoms with Gasteiger partial charge in [0.15, 0.2) is 0 Å². The van der Waals surface area contributed by atoms with Crippen molar-refractivity contribution < 1.29 is 9.53 Å². The van der Waals surface area contributed by atoms with Crippen molar-refractivity contribution in [2.24, 2.45) is 0 Å². The number of benzene rings is 1. The molecule has 0 unspecified atom stereocenters. The summed E-state index contributed by atoms with van der Waals surface area (Å²) in [4.78, 5) is 14.5. The van der Waals surface area contributed by atoms with E-state index in [-0.39, 0.29) is 12.1 Å². The summed E-state index contributed by atoms with van der Waals surface area (Å²) in [6, 6.07) is 9.85. The Morgan fingerprint density at radius 1 is 1.36 bits per heavy atom. The van der Waals surface area contributed by atoms with Gasteiger partial charge in [-0.2, -0.15) is 5.10 Å². The predicted molar refractivity (Wildman–Crippen MR) is 96.7 cm³/mol. The smallest absolute Gasteiger partial charge is 0.317 e. The minimum absolute atomic E-state index is 0.00205. The topological polar surface area (TPSA) is 70.2 Å². The molecule has 0 spiro atoms. The number of ether oxygens (including phenoxy) is 1. The van der Waals surface area contributed by atoms with Crippen LogP contribution in [0.5, 0.6) is 5.75 Å². The molecular formula is C19H26N4O2. The number of aryl methyl sites for hydroxylation is 2. The summed E-state index contributed by atoms with van der Waals surface area (Å²) in [6.07, 6.45) is 2.80. The standard InChI is InChI=1S/C19H26N4O2/c1-14-18(15(2)22-21-14)17-10-6-12-23(17)19(24)20-11-7-13-25-16-8-4-3-5-9-16/h3-5,8-9,17H,6-7,10-13H2,1-2H3,(H,20,24)(H,21,22)/t17-/m0/s1. The fourth-order valence-electron chi connectivity index (χ4n) is 3.44. The first kappa shape index (κ1) is 17.3. The highest BCUT2D eigenvalue weighted by Crippen LogP contribution is 2.34. The van der Waals surface area contributed by atoms with Gasteiger partial charge in [-0.3, -0.25) is 5.10 Å². The van der Waals surface area contributed by atoms with Gasteiger partial charge in [0.1, 0.15) is 5.75 Å². The van der Waals surface area contributed by atoms with Crippen LogP contribution in [0.3, 0.4) is 0 Å². The zero-order valence-electron chi connectivity index (χ0n) is 14.9. The molecule has 1 aliphatic heterocycles. The first-order valence-electron chi connectivity index (χ1n) is 8.90. The van der Waals surface area contributed by atoms with Gasteiger partial charge in [-0.15, -0.1) is 0 Å². The van der Waals surface area contributed by atoms with Crippen molar-refractivity contribution in [3.05, 3.63) is 47.3 Å². The Hall–Kier alpha value is -2.50. The molecule has 0 bridgehead atoms. The highest BCUT2D eigenvalue weighted by molar-refractivity contribution is 5.75. The monoisotopic (exact) mass is 342 g/mol. The van der Waals surface area contributed by atoms with Crippen LogP contribution in [-0.4, -0.2) is 40.8 Å². The second-order valence-corrected chi connectivity index (χ2v) is 6.45. The number of carbonyl (C=O) groups is 1. The van der Waals surface area contributed by atoms with Gasteiger partial charge in [0.25, 0.3) is 0 Å². The summed E-state index contributed by atoms with van der Waals surface area (Å²) in [5.41, 5.74) is 3.21. The molecule has 2 heterocycles. The van der Waals surface area contributed by atoms with E-state index in [4.69, 9.17) is 4.74 Å². The van der Waals surface area contributed by atoms with Gasteiger partial charge in [-0.1, -0.05) is 18.2 Å². The summed E-state index contributed by atoms with van der Waals surface area (Å²) in [5.74, 6) is 0.861. The fraction of sp³-hybridized carbons (Fsp3) is 0.474. The van der Waals surface area contributed by atoms with Crippen LogP contribution >= 0.6 is 0 Å². The third kappa shape index (κ3) is 4.13. The fourth-order valence-corrected chi connectivity index (χ4v) is 3.44. The highest BCUT2D eigenvalue weighted by atomic mass is 16.5. The number of nitrogens with zero attached hydrogens (tertiary/aromatic N) is 2. The molecule has 2 amide bonds. The van der Waals surface area contributed by atoms with Crippen molar-refractivity contribution in [3.63, 3.8) is 0 Å². The van der Waals surface area contributed by atoms with Crippen molar-refractivity contribution in [2.75, 3.05) is 19.7 Å². The van der Waals surface area contributed by atoms with Crippen LogP contribution in [0, 0.1) is 13.8 Å². The molecule has 1 atom stereocenters. The summed E-state index contributed by atoms with van der Waals surface area (Å²) in [7, 11) is 0. The highest BCUT2D eigenvalue weighted by Gasteiger charge is 2.32. The van der Waals surface area contributed by atoms with Crippen LogP contribution in [0.25, 0.3) is 0 Å². The molecule has 0 aliphatic carbocycles. The van der Waals surface area contributed by atoms with E-state index in [0.717, 1.165) is 42.9 Å². The summed E-state index contributed by atoms with van der Waals surface area (Å²) in [6.45, 7) is 6.01. The molecule has 25 heavy (non-hydrogen) atoms. The number of amides is 2. The number of nitrogens with one attached hydrogen (secondary N) is 2. The quantitative estimate of drug-likeness (QED) is 0.791. The molecule has 3 rings (SSSR count). The number of aromatic amines is 1. The maximum Gasteiger partial charge on any atom is 0.317 e. The number of H-pyrrole nitrogens is 1. The Bertz CT molecular complexity index is 679. The molecule has 2 N–H and O–H groups in total. The molecule has 0 radical (unpaired) electrons. The normalized spacial score (nSPS) is 16.9. The second-order valence-electron chi connectivity index (χ2n) is 6.45. The maximum absolute atomic E-state index is 12.6. The lowest BCUT2D eigenvalue weighted by atomic mass is 10.0. The second kappa shape index (κ2) is 8.05. The molecule has 6 nitrogen and oxygen atoms in total. The summed E-state index contributed by atoms with van der Waals surface area (Å²) in [5, 5.41) is 10.3. The van der Waals surface area contributed by atoms with Crippen LogP contribution in [-0.2, 0) is 0 Å². The summed E-state index contributed by atoms with van der Waals surface area (Å²) >= 11 is 0. The van der Waals surface area contributed by atoms with Gasteiger partial charge in [-0.05, 0) is 45.2 Å². The van der Waals surface area contributed by atoms with Gasteiger partial charge in [-0.25, -0.2) is 4.79 Å². The number of likely N-dealkylation sites (tertiary alicyclic amines) is 1. The Labute approximate surface area is 148 Å². The van der Waals surface area contributed by atoms with Crippen molar-refractivity contribution in [3.8, 4) is 5.75 Å². The SMILES string of the molecule is Cc1n[nH]c(C)c1[C@@H]1CCCN1C(=O)NCCCOc1ccccc1. The van der Waals surface area contributed by atoms with E-state index < -0.39 is 0 Å². The lowest BCUT2D eigenvalue weighted by Gasteiger charge is -2.25. The minimum Gasteiger partial charge on any atom is -0.494 e. The van der Waals surface area contributed by atoms with Gasteiger partial charge in [0.05, 0.1) is 18.3 Å². The molecule has 2 aromatic rings. The van der Waals surface area contributed by atoms with Crippen LogP contribution < -0.4 is 10.1 Å². The van der Waals surface area contributed by atoms with E-state index in [1.807, 2.05) is 49.1 Å². The zero-order valence-corrected chi connectivity index (χ0v) is 14.9. The molecule has 1 saturated heterocycles. The van der Waals surface area contributed by atoms with Crippen molar-refractivity contribution in [2.45, 2.75) is 39.2 Å². The lowest BCUT2D eigenvalue weighted by Crippen LogP contribution is -2.40. The van der Waals surface area contributed by atoms with Gasteiger partial charge in [0, 0.05) is 24.3 Å². The third-order valence-electron chi connectivity index (χ3n) is 4.64. The minimum atomic E-state index is 0.00205. The van der Waals surface area contributed by atoms with Crippen LogP contribution in [0.4, 0.5) is 4.79 Å². The first-order chi connectivity index (χ1) is 12.2. The number of para-hydroxylation sites is 1. The number of hydrogen-bond acceptors (Lipinski definition) is 3. The molecule has 1 aromatic heterocycles. The largest absolute Gasteiger partial charge is 0.494 e. The van der Waals surface area contributed by atoms with Crippen LogP contribution in [0.2, 0.25) is 0 Å². The van der Waals surface area contributed by atoms with Gasteiger partial charge >= 0.3 is 6.03 Å². The predicted octanol–water partition coefficient (Wildman–Crippen LogP) is 3.34. The number of rotatable bonds is 6. The Morgan fingerprint density at radius 3 is 2.88 bits per heavy atom.